The van der Waals surface area contributed by atoms with Gasteiger partial charge in [-0.2, -0.15) is 0 Å². The summed E-state index contributed by atoms with van der Waals surface area (Å²) in [6.45, 7) is 9.22. The first-order valence-corrected chi connectivity index (χ1v) is 6.57. The summed E-state index contributed by atoms with van der Waals surface area (Å²) < 4.78 is 2.06. The summed E-state index contributed by atoms with van der Waals surface area (Å²) >= 11 is 6.35. The number of fused-ring (bicyclic) bond motifs is 1. The van der Waals surface area contributed by atoms with Crippen molar-refractivity contribution < 1.29 is 4.79 Å². The Morgan fingerprint density at radius 3 is 2.56 bits per heavy atom. The summed E-state index contributed by atoms with van der Waals surface area (Å²) in [6, 6.07) is 4.17. The zero-order valence-electron chi connectivity index (χ0n) is 11.2. The zero-order valence-corrected chi connectivity index (χ0v) is 12.0. The summed E-state index contributed by atoms with van der Waals surface area (Å²) in [4.78, 5) is 11.3. The molecule has 0 saturated carbocycles. The van der Waals surface area contributed by atoms with Gasteiger partial charge in [-0.05, 0) is 31.4 Å². The molecule has 18 heavy (non-hydrogen) atoms. The third-order valence-corrected chi connectivity index (χ3v) is 3.54. The first kappa shape index (κ1) is 13.2. The Morgan fingerprint density at radius 1 is 1.33 bits per heavy atom. The maximum absolute atomic E-state index is 11.3. The third-order valence-electron chi connectivity index (χ3n) is 3.13. The molecule has 0 spiro atoms. The van der Waals surface area contributed by atoms with Crippen LogP contribution in [0, 0.1) is 19.8 Å². The zero-order chi connectivity index (χ0) is 13.4. The minimum atomic E-state index is 0.485. The summed E-state index contributed by atoms with van der Waals surface area (Å²) in [6.07, 6.45) is 0.861. The molecule has 1 heterocycles. The van der Waals surface area contributed by atoms with Gasteiger partial charge >= 0.3 is 0 Å². The molecule has 0 bridgehead atoms. The lowest BCUT2D eigenvalue weighted by atomic mass is 10.1. The highest BCUT2D eigenvalue weighted by Gasteiger charge is 2.17. The highest BCUT2D eigenvalue weighted by atomic mass is 35.5. The van der Waals surface area contributed by atoms with Gasteiger partial charge in [0.25, 0.3) is 0 Å². The molecule has 0 radical (unpaired) electrons. The summed E-state index contributed by atoms with van der Waals surface area (Å²) in [5.41, 5.74) is 4.02. The number of benzene rings is 1. The Hall–Kier alpha value is -1.28. The number of hydrogen-bond acceptors (Lipinski definition) is 1. The molecule has 0 saturated heterocycles. The van der Waals surface area contributed by atoms with E-state index in [9.17, 15) is 4.79 Å². The van der Waals surface area contributed by atoms with Crippen LogP contribution >= 0.6 is 11.6 Å². The monoisotopic (exact) mass is 263 g/mol. The van der Waals surface area contributed by atoms with Gasteiger partial charge in [0.15, 0.2) is 6.29 Å². The average molecular weight is 264 g/mol. The third kappa shape index (κ3) is 2.05. The van der Waals surface area contributed by atoms with Gasteiger partial charge in [-0.1, -0.05) is 37.1 Å². The second-order valence-electron chi connectivity index (χ2n) is 5.30. The van der Waals surface area contributed by atoms with Crippen LogP contribution in [-0.4, -0.2) is 10.9 Å². The minimum absolute atomic E-state index is 0.485. The SMILES string of the molecule is Cc1cc(C)c2c(c1)c(C=O)c(Cl)n2CC(C)C. The van der Waals surface area contributed by atoms with Crippen molar-refractivity contribution in [1.82, 2.24) is 4.57 Å². The van der Waals surface area contributed by atoms with Gasteiger partial charge in [0.1, 0.15) is 5.15 Å². The van der Waals surface area contributed by atoms with Crippen LogP contribution in [0.4, 0.5) is 0 Å². The molecule has 0 fully saturated rings. The number of aryl methyl sites for hydroxylation is 2. The average Bonchev–Trinajstić information content (AvgIpc) is 2.51. The number of rotatable bonds is 3. The molecular formula is C15H18ClNO. The predicted molar refractivity (Wildman–Crippen MR) is 76.6 cm³/mol. The molecule has 2 nitrogen and oxygen atoms in total. The van der Waals surface area contributed by atoms with Crippen LogP contribution in [0.25, 0.3) is 10.9 Å². The second-order valence-corrected chi connectivity index (χ2v) is 5.66. The van der Waals surface area contributed by atoms with Gasteiger partial charge < -0.3 is 4.57 Å². The van der Waals surface area contributed by atoms with Crippen LogP contribution in [0.2, 0.25) is 5.15 Å². The number of nitrogens with zero attached hydrogens (tertiary/aromatic N) is 1. The first-order valence-electron chi connectivity index (χ1n) is 6.19. The smallest absolute Gasteiger partial charge is 0.153 e. The van der Waals surface area contributed by atoms with Crippen LogP contribution in [-0.2, 0) is 6.54 Å². The summed E-state index contributed by atoms with van der Waals surface area (Å²) in [7, 11) is 0. The number of hydrogen-bond donors (Lipinski definition) is 0. The minimum Gasteiger partial charge on any atom is -0.331 e. The second kappa shape index (κ2) is 4.77. The Balaban J connectivity index is 2.85. The van der Waals surface area contributed by atoms with Gasteiger partial charge in [0, 0.05) is 11.9 Å². The standard InChI is InChI=1S/C15H18ClNO/c1-9(2)7-17-14-11(4)5-10(3)6-12(14)13(8-18)15(17)16/h5-6,8-9H,7H2,1-4H3. The quantitative estimate of drug-likeness (QED) is 0.753. The maximum atomic E-state index is 11.3. The lowest BCUT2D eigenvalue weighted by molar-refractivity contribution is 0.112. The van der Waals surface area contributed by atoms with Crippen molar-refractivity contribution in [3.63, 3.8) is 0 Å². The normalized spacial score (nSPS) is 11.4. The molecule has 0 aliphatic heterocycles. The van der Waals surface area contributed by atoms with Gasteiger partial charge in [0.2, 0.25) is 0 Å². The lowest BCUT2D eigenvalue weighted by Crippen LogP contribution is -2.05. The Bertz CT molecular complexity index is 611. The van der Waals surface area contributed by atoms with E-state index in [0.717, 1.165) is 29.3 Å². The molecule has 0 N–H and O–H groups in total. The largest absolute Gasteiger partial charge is 0.331 e. The van der Waals surface area contributed by atoms with Crippen LogP contribution in [0.1, 0.15) is 35.3 Å². The van der Waals surface area contributed by atoms with Gasteiger partial charge in [-0.15, -0.1) is 0 Å². The highest BCUT2D eigenvalue weighted by molar-refractivity contribution is 6.34. The molecule has 0 aliphatic rings. The van der Waals surface area contributed by atoms with Crippen molar-refractivity contribution in [2.75, 3.05) is 0 Å². The van der Waals surface area contributed by atoms with Crippen molar-refractivity contribution in [3.05, 3.63) is 34.0 Å². The van der Waals surface area contributed by atoms with Crippen LogP contribution in [0.5, 0.6) is 0 Å². The summed E-state index contributed by atoms with van der Waals surface area (Å²) in [5.74, 6) is 0.485. The number of carbonyl (C=O) groups excluding carboxylic acids is 1. The molecule has 1 aromatic carbocycles. The fourth-order valence-electron chi connectivity index (χ4n) is 2.53. The van der Waals surface area contributed by atoms with E-state index in [2.05, 4.69) is 31.4 Å². The van der Waals surface area contributed by atoms with Crippen LogP contribution in [0.3, 0.4) is 0 Å². The highest BCUT2D eigenvalue weighted by Crippen LogP contribution is 2.32. The van der Waals surface area contributed by atoms with E-state index < -0.39 is 0 Å². The van der Waals surface area contributed by atoms with Gasteiger partial charge in [-0.3, -0.25) is 4.79 Å². The fraction of sp³-hybridized carbons (Fsp3) is 0.400. The number of aldehydes is 1. The molecule has 0 atom stereocenters. The van der Waals surface area contributed by atoms with E-state index in [1.54, 1.807) is 0 Å². The van der Waals surface area contributed by atoms with Crippen LogP contribution in [0.15, 0.2) is 12.1 Å². The van der Waals surface area contributed by atoms with Crippen molar-refractivity contribution in [1.29, 1.82) is 0 Å². The van der Waals surface area contributed by atoms with E-state index in [4.69, 9.17) is 11.6 Å². The molecular weight excluding hydrogens is 246 g/mol. The Morgan fingerprint density at radius 2 is 2.00 bits per heavy atom. The van der Waals surface area contributed by atoms with Crippen molar-refractivity contribution in [2.45, 2.75) is 34.2 Å². The van der Waals surface area contributed by atoms with Gasteiger partial charge in [0.05, 0.1) is 11.1 Å². The number of aromatic nitrogens is 1. The molecule has 96 valence electrons. The number of halogens is 1. The predicted octanol–water partition coefficient (Wildman–Crippen LogP) is 4.38. The van der Waals surface area contributed by atoms with E-state index >= 15 is 0 Å². The topological polar surface area (TPSA) is 22.0 Å². The van der Waals surface area contributed by atoms with E-state index in [1.165, 1.54) is 5.56 Å². The molecule has 3 heteroatoms. The van der Waals surface area contributed by atoms with E-state index in [-0.39, 0.29) is 0 Å². The van der Waals surface area contributed by atoms with E-state index in [0.29, 0.717) is 16.6 Å². The first-order chi connectivity index (χ1) is 8.45. The van der Waals surface area contributed by atoms with Crippen molar-refractivity contribution >= 4 is 28.8 Å². The number of carbonyl (C=O) groups is 1. The molecule has 2 aromatic rings. The lowest BCUT2D eigenvalue weighted by Gasteiger charge is -2.11. The summed E-state index contributed by atoms with van der Waals surface area (Å²) in [5, 5.41) is 1.52. The molecule has 2 rings (SSSR count). The molecule has 1 aromatic heterocycles. The van der Waals surface area contributed by atoms with Crippen LogP contribution < -0.4 is 0 Å². The molecule has 0 amide bonds. The Kier molecular flexibility index (Phi) is 3.49. The molecule has 0 aliphatic carbocycles. The molecule has 0 unspecified atom stereocenters. The Labute approximate surface area is 113 Å². The van der Waals surface area contributed by atoms with Crippen molar-refractivity contribution in [2.24, 2.45) is 5.92 Å². The maximum Gasteiger partial charge on any atom is 0.153 e. The fourth-order valence-corrected chi connectivity index (χ4v) is 2.83. The van der Waals surface area contributed by atoms with Crippen molar-refractivity contribution in [3.8, 4) is 0 Å². The van der Waals surface area contributed by atoms with E-state index in [1.807, 2.05) is 13.0 Å². The van der Waals surface area contributed by atoms with Gasteiger partial charge in [-0.25, -0.2) is 0 Å².